The Labute approximate surface area is 87.6 Å². The second-order valence-corrected chi connectivity index (χ2v) is 6.83. The molecule has 0 aromatic carbocycles. The molecule has 0 saturated carbocycles. The molecule has 0 aromatic rings. The van der Waals surface area contributed by atoms with Gasteiger partial charge in [0.15, 0.2) is 0 Å². The van der Waals surface area contributed by atoms with Gasteiger partial charge in [-0.1, -0.05) is 32.9 Å². The van der Waals surface area contributed by atoms with Gasteiger partial charge >= 0.3 is 0 Å². The normalized spacial score (nSPS) is 12.9. The van der Waals surface area contributed by atoms with Crippen LogP contribution < -0.4 is 4.72 Å². The van der Waals surface area contributed by atoms with Crippen molar-refractivity contribution in [3.63, 3.8) is 0 Å². The van der Waals surface area contributed by atoms with Crippen LogP contribution in [-0.4, -0.2) is 20.7 Å². The van der Waals surface area contributed by atoms with E-state index in [1.54, 1.807) is 6.92 Å². The molecule has 0 bridgehead atoms. The Morgan fingerprint density at radius 2 is 1.86 bits per heavy atom. The zero-order chi connectivity index (χ0) is 11.4. The van der Waals surface area contributed by atoms with Crippen molar-refractivity contribution in [3.05, 3.63) is 12.2 Å². The molecule has 0 heterocycles. The molecule has 0 atom stereocenters. The van der Waals surface area contributed by atoms with Gasteiger partial charge in [0.05, 0.1) is 5.75 Å². The van der Waals surface area contributed by atoms with Crippen molar-refractivity contribution < 1.29 is 8.42 Å². The first kappa shape index (κ1) is 13.7. The van der Waals surface area contributed by atoms with E-state index in [4.69, 9.17) is 0 Å². The maximum Gasteiger partial charge on any atom is 0.211 e. The van der Waals surface area contributed by atoms with Gasteiger partial charge in [-0.15, -0.1) is 0 Å². The molecule has 1 N–H and O–H groups in total. The number of hydrogen-bond acceptors (Lipinski definition) is 2. The Morgan fingerprint density at radius 3 is 2.21 bits per heavy atom. The lowest BCUT2D eigenvalue weighted by atomic mass is 9.94. The second-order valence-electron chi connectivity index (χ2n) is 4.91. The van der Waals surface area contributed by atoms with Crippen molar-refractivity contribution >= 4 is 10.0 Å². The van der Waals surface area contributed by atoms with Gasteiger partial charge in [-0.25, -0.2) is 13.1 Å². The van der Waals surface area contributed by atoms with E-state index in [2.05, 4.69) is 11.3 Å². The summed E-state index contributed by atoms with van der Waals surface area (Å²) in [4.78, 5) is 0. The average Bonchev–Trinajstić information content (AvgIpc) is 1.97. The summed E-state index contributed by atoms with van der Waals surface area (Å²) in [5.41, 5.74) is 0.877. The predicted molar refractivity (Wildman–Crippen MR) is 60.7 cm³/mol. The molecule has 0 aromatic heterocycles. The highest BCUT2D eigenvalue weighted by molar-refractivity contribution is 7.89. The van der Waals surface area contributed by atoms with Gasteiger partial charge in [-0.05, 0) is 18.8 Å². The monoisotopic (exact) mass is 219 g/mol. The molecule has 0 aliphatic rings. The van der Waals surface area contributed by atoms with E-state index in [-0.39, 0.29) is 11.2 Å². The average molecular weight is 219 g/mol. The van der Waals surface area contributed by atoms with Crippen LogP contribution in [-0.2, 0) is 10.0 Å². The number of rotatable bonds is 5. The first-order valence-corrected chi connectivity index (χ1v) is 6.39. The van der Waals surface area contributed by atoms with Gasteiger partial charge in [0, 0.05) is 6.54 Å². The summed E-state index contributed by atoms with van der Waals surface area (Å²) < 4.78 is 25.4. The fourth-order valence-electron chi connectivity index (χ4n) is 0.746. The molecule has 0 aliphatic heterocycles. The SMILES string of the molecule is C=C(C)CNS(=O)(=O)CCC(C)(C)C. The van der Waals surface area contributed by atoms with E-state index in [0.717, 1.165) is 5.57 Å². The first-order chi connectivity index (χ1) is 6.12. The molecular weight excluding hydrogens is 198 g/mol. The number of hydrogen-bond donors (Lipinski definition) is 1. The van der Waals surface area contributed by atoms with Crippen LogP contribution in [0.2, 0.25) is 0 Å². The Kier molecular flexibility index (Phi) is 4.81. The lowest BCUT2D eigenvalue weighted by molar-refractivity contribution is 0.396. The summed E-state index contributed by atoms with van der Waals surface area (Å²) >= 11 is 0. The van der Waals surface area contributed by atoms with Gasteiger partial charge < -0.3 is 0 Å². The summed E-state index contributed by atoms with van der Waals surface area (Å²) in [6.07, 6.45) is 0.665. The minimum absolute atomic E-state index is 0.0535. The van der Waals surface area contributed by atoms with Crippen LogP contribution in [0.1, 0.15) is 34.1 Å². The van der Waals surface area contributed by atoms with E-state index in [0.29, 0.717) is 13.0 Å². The minimum Gasteiger partial charge on any atom is -0.212 e. The zero-order valence-electron chi connectivity index (χ0n) is 9.55. The van der Waals surface area contributed by atoms with Gasteiger partial charge in [0.2, 0.25) is 10.0 Å². The van der Waals surface area contributed by atoms with Crippen molar-refractivity contribution in [2.75, 3.05) is 12.3 Å². The van der Waals surface area contributed by atoms with Crippen LogP contribution in [0.5, 0.6) is 0 Å². The summed E-state index contributed by atoms with van der Waals surface area (Å²) in [6.45, 7) is 11.9. The topological polar surface area (TPSA) is 46.2 Å². The molecule has 0 unspecified atom stereocenters. The third-order valence-corrected chi connectivity index (χ3v) is 3.04. The van der Waals surface area contributed by atoms with E-state index in [1.165, 1.54) is 0 Å². The molecule has 0 fully saturated rings. The van der Waals surface area contributed by atoms with Crippen LogP contribution in [0.15, 0.2) is 12.2 Å². The van der Waals surface area contributed by atoms with Crippen LogP contribution in [0.3, 0.4) is 0 Å². The van der Waals surface area contributed by atoms with Gasteiger partial charge in [-0.3, -0.25) is 0 Å². The fraction of sp³-hybridized carbons (Fsp3) is 0.800. The number of sulfonamides is 1. The van der Waals surface area contributed by atoms with Crippen LogP contribution in [0, 0.1) is 5.41 Å². The quantitative estimate of drug-likeness (QED) is 0.718. The highest BCUT2D eigenvalue weighted by atomic mass is 32.2. The van der Waals surface area contributed by atoms with E-state index in [9.17, 15) is 8.42 Å². The molecule has 0 rings (SSSR count). The zero-order valence-corrected chi connectivity index (χ0v) is 10.4. The third kappa shape index (κ3) is 8.26. The molecule has 0 aliphatic carbocycles. The Bertz CT molecular complexity index is 286. The van der Waals surface area contributed by atoms with Crippen molar-refractivity contribution in [2.45, 2.75) is 34.1 Å². The van der Waals surface area contributed by atoms with Gasteiger partial charge in [0.25, 0.3) is 0 Å². The van der Waals surface area contributed by atoms with Crippen molar-refractivity contribution in [1.29, 1.82) is 0 Å². The summed E-state index contributed by atoms with van der Waals surface area (Å²) in [6, 6.07) is 0. The lowest BCUT2D eigenvalue weighted by Gasteiger charge is -2.17. The molecule has 14 heavy (non-hydrogen) atoms. The molecule has 3 nitrogen and oxygen atoms in total. The molecule has 0 radical (unpaired) electrons. The van der Waals surface area contributed by atoms with Gasteiger partial charge in [-0.2, -0.15) is 0 Å². The van der Waals surface area contributed by atoms with Crippen LogP contribution in [0.25, 0.3) is 0 Å². The van der Waals surface area contributed by atoms with E-state index >= 15 is 0 Å². The Balaban J connectivity index is 4.03. The molecular formula is C10H21NO2S. The van der Waals surface area contributed by atoms with E-state index in [1.807, 2.05) is 20.8 Å². The van der Waals surface area contributed by atoms with Crippen molar-refractivity contribution in [1.82, 2.24) is 4.72 Å². The molecule has 0 spiro atoms. The highest BCUT2D eigenvalue weighted by Crippen LogP contribution is 2.18. The standard InChI is InChI=1S/C10H21NO2S/c1-9(2)8-11-14(12,13)7-6-10(3,4)5/h11H,1,6-8H2,2-5H3. The largest absolute Gasteiger partial charge is 0.212 e. The van der Waals surface area contributed by atoms with Crippen molar-refractivity contribution in [3.8, 4) is 0 Å². The maximum absolute atomic E-state index is 11.4. The molecule has 0 saturated heterocycles. The highest BCUT2D eigenvalue weighted by Gasteiger charge is 2.16. The fourth-order valence-corrected chi connectivity index (χ4v) is 2.24. The van der Waals surface area contributed by atoms with Crippen LogP contribution in [0.4, 0.5) is 0 Å². The smallest absolute Gasteiger partial charge is 0.211 e. The maximum atomic E-state index is 11.4. The minimum atomic E-state index is -3.12. The Hall–Kier alpha value is -0.350. The predicted octanol–water partition coefficient (Wildman–Crippen LogP) is 1.92. The summed E-state index contributed by atoms with van der Waals surface area (Å²) in [7, 11) is -3.12. The molecule has 84 valence electrons. The molecule has 0 amide bonds. The summed E-state index contributed by atoms with van der Waals surface area (Å²) in [5.74, 6) is 0.184. The van der Waals surface area contributed by atoms with E-state index < -0.39 is 10.0 Å². The van der Waals surface area contributed by atoms with Crippen LogP contribution >= 0.6 is 0 Å². The van der Waals surface area contributed by atoms with Crippen molar-refractivity contribution in [2.24, 2.45) is 5.41 Å². The third-order valence-electron chi connectivity index (χ3n) is 1.71. The first-order valence-electron chi connectivity index (χ1n) is 4.74. The Morgan fingerprint density at radius 1 is 1.36 bits per heavy atom. The van der Waals surface area contributed by atoms with Gasteiger partial charge in [0.1, 0.15) is 0 Å². The molecule has 4 heteroatoms. The number of nitrogens with one attached hydrogen (secondary N) is 1. The second kappa shape index (κ2) is 4.94. The lowest BCUT2D eigenvalue weighted by Crippen LogP contribution is -2.29. The summed E-state index contributed by atoms with van der Waals surface area (Å²) in [5, 5.41) is 0.